The SMILES string of the molecule is CC(=O)Nc1cccc(-c2cc(C)c(C3=C(N)C4(CCCCC4)CC3=O)cc2Cl)c1. The molecule has 1 saturated carbocycles. The number of nitrogens with one attached hydrogen (secondary N) is 1. The molecule has 0 atom stereocenters. The zero-order valence-corrected chi connectivity index (χ0v) is 18.2. The average Bonchev–Trinajstić information content (AvgIpc) is 2.93. The van der Waals surface area contributed by atoms with Gasteiger partial charge in [0.2, 0.25) is 5.91 Å². The van der Waals surface area contributed by atoms with Crippen LogP contribution in [0, 0.1) is 12.3 Å². The first-order valence-corrected chi connectivity index (χ1v) is 10.9. The molecule has 2 aliphatic carbocycles. The van der Waals surface area contributed by atoms with Gasteiger partial charge in [0.1, 0.15) is 0 Å². The lowest BCUT2D eigenvalue weighted by molar-refractivity contribution is -0.115. The Kier molecular flexibility index (Phi) is 5.46. The van der Waals surface area contributed by atoms with Gasteiger partial charge in [-0.2, -0.15) is 0 Å². The molecular formula is C25H27ClN2O2. The number of anilines is 1. The van der Waals surface area contributed by atoms with E-state index in [1.54, 1.807) is 0 Å². The Morgan fingerprint density at radius 2 is 1.83 bits per heavy atom. The van der Waals surface area contributed by atoms with E-state index in [2.05, 4.69) is 5.32 Å². The van der Waals surface area contributed by atoms with Crippen molar-refractivity contribution < 1.29 is 9.59 Å². The topological polar surface area (TPSA) is 72.2 Å². The normalized spacial score (nSPS) is 18.2. The van der Waals surface area contributed by atoms with Gasteiger partial charge >= 0.3 is 0 Å². The van der Waals surface area contributed by atoms with Crippen molar-refractivity contribution in [2.75, 3.05) is 5.32 Å². The molecule has 0 heterocycles. The minimum absolute atomic E-state index is 0.122. The first-order valence-electron chi connectivity index (χ1n) is 10.5. The fourth-order valence-electron chi connectivity index (χ4n) is 5.02. The summed E-state index contributed by atoms with van der Waals surface area (Å²) in [6.07, 6.45) is 5.99. The second kappa shape index (κ2) is 7.92. The number of Topliss-reactive ketones (excluding diaryl/α,β-unsaturated/α-hetero) is 1. The van der Waals surface area contributed by atoms with Gasteiger partial charge in [0.15, 0.2) is 5.78 Å². The monoisotopic (exact) mass is 422 g/mol. The third-order valence-electron chi connectivity index (χ3n) is 6.51. The van der Waals surface area contributed by atoms with Crippen molar-refractivity contribution >= 4 is 34.6 Å². The molecule has 2 aromatic rings. The van der Waals surface area contributed by atoms with Crippen LogP contribution in [0.15, 0.2) is 42.1 Å². The maximum absolute atomic E-state index is 13.0. The van der Waals surface area contributed by atoms with Crippen molar-refractivity contribution in [1.29, 1.82) is 0 Å². The Hall–Kier alpha value is -2.59. The van der Waals surface area contributed by atoms with E-state index in [-0.39, 0.29) is 17.1 Å². The van der Waals surface area contributed by atoms with Gasteiger partial charge in [0.25, 0.3) is 0 Å². The van der Waals surface area contributed by atoms with E-state index in [1.165, 1.54) is 13.3 Å². The molecule has 1 amide bonds. The first-order chi connectivity index (χ1) is 14.3. The summed E-state index contributed by atoms with van der Waals surface area (Å²) in [4.78, 5) is 24.4. The fraction of sp³-hybridized carbons (Fsp3) is 0.360. The number of amides is 1. The number of carbonyl (C=O) groups is 2. The summed E-state index contributed by atoms with van der Waals surface area (Å²) in [7, 11) is 0. The van der Waals surface area contributed by atoms with Crippen LogP contribution in [0.2, 0.25) is 5.02 Å². The molecule has 2 aromatic carbocycles. The van der Waals surface area contributed by atoms with Gasteiger partial charge < -0.3 is 11.1 Å². The molecular weight excluding hydrogens is 396 g/mol. The second-order valence-electron chi connectivity index (χ2n) is 8.64. The summed E-state index contributed by atoms with van der Waals surface area (Å²) in [5, 5.41) is 3.36. The van der Waals surface area contributed by atoms with Crippen LogP contribution in [-0.2, 0) is 9.59 Å². The number of rotatable bonds is 3. The van der Waals surface area contributed by atoms with Gasteiger partial charge in [-0.3, -0.25) is 9.59 Å². The molecule has 2 aliphatic rings. The van der Waals surface area contributed by atoms with Crippen molar-refractivity contribution in [3.8, 4) is 11.1 Å². The fourth-order valence-corrected chi connectivity index (χ4v) is 5.29. The van der Waals surface area contributed by atoms with Crippen LogP contribution in [0.1, 0.15) is 56.6 Å². The highest BCUT2D eigenvalue weighted by atomic mass is 35.5. The number of hydrogen-bond acceptors (Lipinski definition) is 3. The van der Waals surface area contributed by atoms with Crippen molar-refractivity contribution in [3.05, 3.63) is 58.2 Å². The molecule has 1 spiro atoms. The zero-order valence-electron chi connectivity index (χ0n) is 17.5. The number of carbonyl (C=O) groups excluding carboxylic acids is 2. The van der Waals surface area contributed by atoms with Gasteiger partial charge in [-0.25, -0.2) is 0 Å². The van der Waals surface area contributed by atoms with Gasteiger partial charge in [-0.05, 0) is 60.7 Å². The average molecular weight is 423 g/mol. The minimum atomic E-state index is -0.158. The van der Waals surface area contributed by atoms with Crippen LogP contribution < -0.4 is 11.1 Å². The molecule has 5 heteroatoms. The molecule has 3 N–H and O–H groups in total. The lowest BCUT2D eigenvalue weighted by atomic mass is 9.72. The number of ketones is 1. The zero-order chi connectivity index (χ0) is 21.5. The summed E-state index contributed by atoms with van der Waals surface area (Å²) < 4.78 is 0. The van der Waals surface area contributed by atoms with E-state index < -0.39 is 0 Å². The Morgan fingerprint density at radius 3 is 2.53 bits per heavy atom. The van der Waals surface area contributed by atoms with E-state index >= 15 is 0 Å². The number of benzene rings is 2. The van der Waals surface area contributed by atoms with Crippen LogP contribution in [0.25, 0.3) is 16.7 Å². The Bertz CT molecular complexity index is 1060. The van der Waals surface area contributed by atoms with Crippen LogP contribution in [0.3, 0.4) is 0 Å². The lowest BCUT2D eigenvalue weighted by Gasteiger charge is -2.33. The maximum atomic E-state index is 13.0. The highest BCUT2D eigenvalue weighted by molar-refractivity contribution is 6.34. The number of allylic oxidation sites excluding steroid dienone is 2. The first kappa shape index (κ1) is 20.7. The van der Waals surface area contributed by atoms with Crippen LogP contribution in [-0.4, -0.2) is 11.7 Å². The van der Waals surface area contributed by atoms with Crippen molar-refractivity contribution in [3.63, 3.8) is 0 Å². The van der Waals surface area contributed by atoms with Gasteiger partial charge in [0, 0.05) is 46.3 Å². The number of aryl methyl sites for hydroxylation is 1. The largest absolute Gasteiger partial charge is 0.401 e. The molecule has 0 radical (unpaired) electrons. The molecule has 156 valence electrons. The quantitative estimate of drug-likeness (QED) is 0.649. The van der Waals surface area contributed by atoms with E-state index in [1.807, 2.05) is 43.3 Å². The molecule has 30 heavy (non-hydrogen) atoms. The molecule has 1 fully saturated rings. The Morgan fingerprint density at radius 1 is 1.10 bits per heavy atom. The summed E-state index contributed by atoms with van der Waals surface area (Å²) in [6.45, 7) is 3.47. The summed E-state index contributed by atoms with van der Waals surface area (Å²) in [5.74, 6) is 0.0116. The van der Waals surface area contributed by atoms with Gasteiger partial charge in [0.05, 0.1) is 0 Å². The summed E-state index contributed by atoms with van der Waals surface area (Å²) in [6, 6.07) is 11.5. The number of hydrogen-bond donors (Lipinski definition) is 2. The molecule has 0 aliphatic heterocycles. The lowest BCUT2D eigenvalue weighted by Crippen LogP contribution is -2.28. The standard InChI is InChI=1S/C25H27ClN2O2/c1-15-11-20(17-7-6-8-18(12-17)28-16(2)29)21(26)13-19(15)23-22(30)14-25(24(23)27)9-4-3-5-10-25/h6-8,11-13H,3-5,9-10,14,27H2,1-2H3,(H,28,29). The van der Waals surface area contributed by atoms with Crippen molar-refractivity contribution in [1.82, 2.24) is 0 Å². The van der Waals surface area contributed by atoms with E-state index in [0.29, 0.717) is 17.0 Å². The molecule has 0 saturated heterocycles. The molecule has 4 rings (SSSR count). The highest BCUT2D eigenvalue weighted by Gasteiger charge is 2.45. The molecule has 0 bridgehead atoms. The number of nitrogens with two attached hydrogens (primary N) is 1. The minimum Gasteiger partial charge on any atom is -0.401 e. The Labute approximate surface area is 182 Å². The van der Waals surface area contributed by atoms with Crippen molar-refractivity contribution in [2.24, 2.45) is 11.1 Å². The smallest absolute Gasteiger partial charge is 0.221 e. The third kappa shape index (κ3) is 3.65. The second-order valence-corrected chi connectivity index (χ2v) is 9.05. The van der Waals surface area contributed by atoms with E-state index in [0.717, 1.165) is 59.3 Å². The van der Waals surface area contributed by atoms with E-state index in [9.17, 15) is 9.59 Å². The van der Waals surface area contributed by atoms with Gasteiger partial charge in [-0.1, -0.05) is 43.0 Å². The third-order valence-corrected chi connectivity index (χ3v) is 6.82. The number of halogens is 1. The maximum Gasteiger partial charge on any atom is 0.221 e. The van der Waals surface area contributed by atoms with Crippen LogP contribution in [0.5, 0.6) is 0 Å². The summed E-state index contributed by atoms with van der Waals surface area (Å²) >= 11 is 6.68. The molecule has 0 unspecified atom stereocenters. The molecule has 4 nitrogen and oxygen atoms in total. The summed E-state index contributed by atoms with van der Waals surface area (Å²) in [5.41, 5.74) is 12.2. The van der Waals surface area contributed by atoms with Crippen molar-refractivity contribution in [2.45, 2.75) is 52.4 Å². The predicted molar refractivity (Wildman–Crippen MR) is 122 cm³/mol. The Balaban J connectivity index is 1.75. The highest BCUT2D eigenvalue weighted by Crippen LogP contribution is 2.52. The van der Waals surface area contributed by atoms with E-state index in [4.69, 9.17) is 17.3 Å². The van der Waals surface area contributed by atoms with Crippen LogP contribution in [0.4, 0.5) is 5.69 Å². The predicted octanol–water partition coefficient (Wildman–Crippen LogP) is 5.87. The van der Waals surface area contributed by atoms with Gasteiger partial charge in [-0.15, -0.1) is 0 Å². The van der Waals surface area contributed by atoms with Crippen LogP contribution >= 0.6 is 11.6 Å². The molecule has 0 aromatic heterocycles.